The van der Waals surface area contributed by atoms with Gasteiger partial charge in [-0.05, 0) is 37.5 Å². The van der Waals surface area contributed by atoms with Gasteiger partial charge in [0.25, 0.3) is 0 Å². The molecule has 5 atom stereocenters. The molecule has 0 aliphatic heterocycles. The molecule has 0 bridgehead atoms. The molecule has 3 N–H and O–H groups in total. The number of ether oxygens (including phenoxy) is 4. The van der Waals surface area contributed by atoms with Crippen LogP contribution in [-0.4, -0.2) is 96.7 Å². The fourth-order valence-corrected chi connectivity index (χ4v) is 14.6. The van der Waals surface area contributed by atoms with E-state index in [1.54, 1.807) is 0 Å². The topological polar surface area (TPSA) is 237 Å². The van der Waals surface area contributed by atoms with Crippen molar-refractivity contribution in [3.8, 4) is 0 Å². The number of esters is 4. The van der Waals surface area contributed by atoms with Crippen LogP contribution in [0.1, 0.15) is 446 Å². The first-order chi connectivity index (χ1) is 49.9. The van der Waals surface area contributed by atoms with Gasteiger partial charge in [0.15, 0.2) is 12.2 Å². The summed E-state index contributed by atoms with van der Waals surface area (Å²) in [4.78, 5) is 73.1. The SMILES string of the molecule is CCCCCCCCCCCCCCCCCCC(=O)O[C@H](COC(=O)CCCCCCCCCCC)COP(=O)(O)OC[C@H](O)COP(=O)(O)OC[C@@H](COC(=O)CCCCCCCCCCCCCCCCCCC(C)C)OC(=O)CCCCCCCCCCCCCCCCCCC(C)C. The molecule has 0 aliphatic rings. The van der Waals surface area contributed by atoms with E-state index in [2.05, 4.69) is 41.5 Å². The Bertz CT molecular complexity index is 1980. The minimum atomic E-state index is -4.96. The Morgan fingerprint density at radius 1 is 0.262 bits per heavy atom. The first-order valence-corrected chi connectivity index (χ1v) is 46.5. The summed E-state index contributed by atoms with van der Waals surface area (Å²) in [6.45, 7) is 9.71. The van der Waals surface area contributed by atoms with Gasteiger partial charge in [-0.1, -0.05) is 395 Å². The molecule has 19 heteroatoms. The Hall–Kier alpha value is -1.94. The lowest BCUT2D eigenvalue weighted by Crippen LogP contribution is -2.30. The fourth-order valence-electron chi connectivity index (χ4n) is 13.1. The summed E-state index contributed by atoms with van der Waals surface area (Å²) in [6, 6.07) is 0. The number of phosphoric ester groups is 2. The van der Waals surface area contributed by atoms with E-state index in [1.807, 2.05) is 0 Å². The lowest BCUT2D eigenvalue weighted by atomic mass is 10.0. The van der Waals surface area contributed by atoms with Crippen molar-refractivity contribution in [1.82, 2.24) is 0 Å². The number of phosphoric acid groups is 2. The maximum atomic E-state index is 13.1. The minimum Gasteiger partial charge on any atom is -0.462 e. The van der Waals surface area contributed by atoms with Crippen LogP contribution in [0, 0.1) is 11.8 Å². The summed E-state index contributed by atoms with van der Waals surface area (Å²) in [5.74, 6) is -0.482. The fraction of sp³-hybridized carbons (Fsp3) is 0.952. The Kier molecular flexibility index (Phi) is 74.1. The molecule has 17 nitrogen and oxygen atoms in total. The summed E-state index contributed by atoms with van der Waals surface area (Å²) >= 11 is 0. The summed E-state index contributed by atoms with van der Waals surface area (Å²) in [5, 5.41) is 10.7. The predicted octanol–water partition coefficient (Wildman–Crippen LogP) is 25.5. The zero-order chi connectivity index (χ0) is 75.6. The van der Waals surface area contributed by atoms with Gasteiger partial charge in [0, 0.05) is 25.7 Å². The molecular weight excluding hydrogens is 1340 g/mol. The number of hydrogen-bond acceptors (Lipinski definition) is 15. The molecule has 0 rings (SSSR count). The van der Waals surface area contributed by atoms with Crippen molar-refractivity contribution in [2.24, 2.45) is 11.8 Å². The van der Waals surface area contributed by atoms with Gasteiger partial charge in [-0.15, -0.1) is 0 Å². The van der Waals surface area contributed by atoms with Crippen LogP contribution in [-0.2, 0) is 65.4 Å². The molecule has 0 heterocycles. The van der Waals surface area contributed by atoms with E-state index in [0.717, 1.165) is 102 Å². The van der Waals surface area contributed by atoms with Crippen LogP contribution in [0.4, 0.5) is 0 Å². The normalized spacial score (nSPS) is 13.9. The van der Waals surface area contributed by atoms with Crippen LogP contribution in [0.15, 0.2) is 0 Å². The van der Waals surface area contributed by atoms with Gasteiger partial charge in [-0.25, -0.2) is 9.13 Å². The third-order valence-electron chi connectivity index (χ3n) is 19.7. The van der Waals surface area contributed by atoms with E-state index in [1.165, 1.54) is 263 Å². The lowest BCUT2D eigenvalue weighted by molar-refractivity contribution is -0.161. The molecule has 612 valence electrons. The summed E-state index contributed by atoms with van der Waals surface area (Å²) < 4.78 is 68.8. The van der Waals surface area contributed by atoms with E-state index in [4.69, 9.17) is 37.0 Å². The average molecular weight is 1510 g/mol. The second-order valence-electron chi connectivity index (χ2n) is 31.2. The maximum absolute atomic E-state index is 13.1. The Labute approximate surface area is 632 Å². The van der Waals surface area contributed by atoms with Gasteiger partial charge < -0.3 is 33.8 Å². The molecule has 0 amide bonds. The second-order valence-corrected chi connectivity index (χ2v) is 34.1. The van der Waals surface area contributed by atoms with Crippen molar-refractivity contribution < 1.29 is 80.2 Å². The quantitative estimate of drug-likeness (QED) is 0.0222. The minimum absolute atomic E-state index is 0.109. The molecule has 0 radical (unpaired) electrons. The molecule has 103 heavy (non-hydrogen) atoms. The van der Waals surface area contributed by atoms with Crippen molar-refractivity contribution >= 4 is 39.5 Å². The van der Waals surface area contributed by atoms with Crippen LogP contribution in [0.25, 0.3) is 0 Å². The van der Waals surface area contributed by atoms with Crippen molar-refractivity contribution in [3.05, 3.63) is 0 Å². The zero-order valence-electron chi connectivity index (χ0n) is 67.6. The van der Waals surface area contributed by atoms with Crippen molar-refractivity contribution in [3.63, 3.8) is 0 Å². The van der Waals surface area contributed by atoms with E-state index >= 15 is 0 Å². The van der Waals surface area contributed by atoms with Crippen molar-refractivity contribution in [2.45, 2.75) is 464 Å². The van der Waals surface area contributed by atoms with Gasteiger partial charge in [-0.2, -0.15) is 0 Å². The van der Waals surface area contributed by atoms with Gasteiger partial charge in [0.2, 0.25) is 0 Å². The average Bonchev–Trinajstić information content (AvgIpc) is 0.927. The number of rotatable bonds is 83. The molecular formula is C84H164O17P2. The van der Waals surface area contributed by atoms with Crippen LogP contribution in [0.2, 0.25) is 0 Å². The number of carbonyl (C=O) groups is 4. The Morgan fingerprint density at radius 3 is 0.660 bits per heavy atom. The Balaban J connectivity index is 5.21. The third kappa shape index (κ3) is 78.0. The molecule has 0 fully saturated rings. The molecule has 0 aromatic rings. The lowest BCUT2D eigenvalue weighted by Gasteiger charge is -2.21. The molecule has 0 aliphatic carbocycles. The monoisotopic (exact) mass is 1510 g/mol. The first kappa shape index (κ1) is 101. The molecule has 2 unspecified atom stereocenters. The van der Waals surface area contributed by atoms with Gasteiger partial charge in [-0.3, -0.25) is 37.3 Å². The standard InChI is InChI=1S/C84H164O17P2/c1-7-9-11-13-15-17-18-19-20-27-33-38-44-50-56-62-68-83(88)100-79(72-94-81(86)66-60-54-48-40-16-14-12-10-8-2)74-98-102(90,91)96-70-78(85)71-97-103(92,93)99-75-80(101-84(89)69-63-57-51-45-39-34-29-24-22-26-31-36-42-47-53-59-65-77(5)6)73-95-82(87)67-61-55-49-43-37-32-28-23-21-25-30-35-41-46-52-58-64-76(3)4/h76-80,85H,7-75H2,1-6H3,(H,90,91)(H,92,93)/t78-,79+,80+/m0/s1. The highest BCUT2D eigenvalue weighted by molar-refractivity contribution is 7.47. The maximum Gasteiger partial charge on any atom is 0.472 e. The highest BCUT2D eigenvalue weighted by atomic mass is 31.2. The molecule has 0 saturated heterocycles. The number of aliphatic hydroxyl groups is 1. The van der Waals surface area contributed by atoms with E-state index in [-0.39, 0.29) is 25.7 Å². The summed E-state index contributed by atoms with van der Waals surface area (Å²) in [5.41, 5.74) is 0. The predicted molar refractivity (Wildman–Crippen MR) is 423 cm³/mol. The zero-order valence-corrected chi connectivity index (χ0v) is 69.4. The largest absolute Gasteiger partial charge is 0.472 e. The summed E-state index contributed by atoms with van der Waals surface area (Å²) in [6.07, 6.45) is 66.6. The first-order valence-electron chi connectivity index (χ1n) is 43.5. The van der Waals surface area contributed by atoms with Crippen molar-refractivity contribution in [2.75, 3.05) is 39.6 Å². The number of carbonyl (C=O) groups excluding carboxylic acids is 4. The highest BCUT2D eigenvalue weighted by Crippen LogP contribution is 2.45. The van der Waals surface area contributed by atoms with Crippen LogP contribution in [0.3, 0.4) is 0 Å². The van der Waals surface area contributed by atoms with Gasteiger partial charge in [0.1, 0.15) is 19.3 Å². The van der Waals surface area contributed by atoms with Gasteiger partial charge >= 0.3 is 39.5 Å². The van der Waals surface area contributed by atoms with Crippen LogP contribution >= 0.6 is 15.6 Å². The van der Waals surface area contributed by atoms with E-state index in [0.29, 0.717) is 25.7 Å². The number of hydrogen-bond donors (Lipinski definition) is 3. The van der Waals surface area contributed by atoms with E-state index < -0.39 is 97.5 Å². The third-order valence-corrected chi connectivity index (χ3v) is 21.6. The molecule has 0 saturated carbocycles. The molecule has 0 spiro atoms. The number of aliphatic hydroxyl groups excluding tert-OH is 1. The molecule has 0 aromatic heterocycles. The smallest absolute Gasteiger partial charge is 0.462 e. The number of unbranched alkanes of at least 4 members (excludes halogenated alkanes) is 53. The van der Waals surface area contributed by atoms with Crippen LogP contribution in [0.5, 0.6) is 0 Å². The van der Waals surface area contributed by atoms with Crippen LogP contribution < -0.4 is 0 Å². The molecule has 0 aromatic carbocycles. The second kappa shape index (κ2) is 75.5. The highest BCUT2D eigenvalue weighted by Gasteiger charge is 2.30. The van der Waals surface area contributed by atoms with E-state index in [9.17, 15) is 43.2 Å². The summed E-state index contributed by atoms with van der Waals surface area (Å²) in [7, 11) is -9.92. The van der Waals surface area contributed by atoms with Crippen molar-refractivity contribution in [1.29, 1.82) is 0 Å². The van der Waals surface area contributed by atoms with Gasteiger partial charge in [0.05, 0.1) is 26.4 Å². The Morgan fingerprint density at radius 2 is 0.447 bits per heavy atom.